The maximum atomic E-state index is 4.33. The van der Waals surface area contributed by atoms with E-state index in [0.29, 0.717) is 0 Å². The lowest BCUT2D eigenvalue weighted by Gasteiger charge is -2.33. The molecule has 1 aromatic rings. The van der Waals surface area contributed by atoms with E-state index in [0.717, 1.165) is 29.8 Å². The molecule has 0 saturated carbocycles. The van der Waals surface area contributed by atoms with E-state index < -0.39 is 0 Å². The molecule has 2 heterocycles. The van der Waals surface area contributed by atoms with Crippen LogP contribution in [0.15, 0.2) is 28.6 Å². The fourth-order valence-corrected chi connectivity index (χ4v) is 2.55. The Morgan fingerprint density at radius 2 is 2.12 bits per heavy atom. The lowest BCUT2D eigenvalue weighted by molar-refractivity contribution is 0.472. The Balaban J connectivity index is 2.15. The molecule has 17 heavy (non-hydrogen) atoms. The second kappa shape index (κ2) is 4.77. The van der Waals surface area contributed by atoms with Crippen LogP contribution in [-0.4, -0.2) is 23.1 Å². The van der Waals surface area contributed by atoms with Gasteiger partial charge in [0.05, 0.1) is 4.47 Å². The van der Waals surface area contributed by atoms with Crippen molar-refractivity contribution in [1.29, 1.82) is 0 Å². The first-order chi connectivity index (χ1) is 7.98. The average Bonchev–Trinajstić information content (AvgIpc) is 2.29. The summed E-state index contributed by atoms with van der Waals surface area (Å²) in [4.78, 5) is 10.6. The Kier molecular flexibility index (Phi) is 3.52. The number of anilines is 1. The second-order valence-electron chi connectivity index (χ2n) is 5.37. The van der Waals surface area contributed by atoms with E-state index in [9.17, 15) is 0 Å². The molecule has 0 atom stereocenters. The van der Waals surface area contributed by atoms with E-state index in [1.165, 1.54) is 0 Å². The van der Waals surface area contributed by atoms with Crippen LogP contribution in [-0.2, 0) is 0 Å². The predicted molar refractivity (Wildman–Crippen MR) is 74.1 cm³/mol. The van der Waals surface area contributed by atoms with Crippen LogP contribution in [0, 0.1) is 5.41 Å². The van der Waals surface area contributed by atoms with Gasteiger partial charge in [-0.3, -0.25) is 0 Å². The first-order valence-corrected chi connectivity index (χ1v) is 6.68. The Morgan fingerprint density at radius 3 is 2.65 bits per heavy atom. The van der Waals surface area contributed by atoms with Gasteiger partial charge in [0.15, 0.2) is 0 Å². The van der Waals surface area contributed by atoms with Crippen molar-refractivity contribution in [2.24, 2.45) is 5.41 Å². The highest BCUT2D eigenvalue weighted by molar-refractivity contribution is 9.10. The number of rotatable bonds is 1. The van der Waals surface area contributed by atoms with E-state index in [4.69, 9.17) is 0 Å². The van der Waals surface area contributed by atoms with Crippen molar-refractivity contribution in [3.05, 3.63) is 28.6 Å². The minimum atomic E-state index is 0.287. The van der Waals surface area contributed by atoms with Crippen molar-refractivity contribution in [3.63, 3.8) is 0 Å². The van der Waals surface area contributed by atoms with Gasteiger partial charge in [0, 0.05) is 19.3 Å². The van der Waals surface area contributed by atoms with Gasteiger partial charge in [0.25, 0.3) is 0 Å². The van der Waals surface area contributed by atoms with Gasteiger partial charge in [0.1, 0.15) is 12.1 Å². The van der Waals surface area contributed by atoms with Gasteiger partial charge in [-0.15, -0.1) is 0 Å². The molecule has 0 aromatic carbocycles. The van der Waals surface area contributed by atoms with E-state index in [-0.39, 0.29) is 5.41 Å². The first-order valence-electron chi connectivity index (χ1n) is 5.88. The quantitative estimate of drug-likeness (QED) is 0.744. The highest BCUT2D eigenvalue weighted by atomic mass is 79.9. The van der Waals surface area contributed by atoms with Crippen LogP contribution in [0.2, 0.25) is 0 Å². The Bertz CT molecular complexity index is 435. The number of nitrogens with zero attached hydrogens (tertiary/aromatic N) is 3. The molecule has 0 unspecified atom stereocenters. The van der Waals surface area contributed by atoms with Crippen LogP contribution in [0.4, 0.5) is 5.82 Å². The predicted octanol–water partition coefficient (Wildman–Crippen LogP) is 3.42. The molecule has 1 aliphatic heterocycles. The molecule has 92 valence electrons. The molecule has 2 rings (SSSR count). The van der Waals surface area contributed by atoms with Crippen molar-refractivity contribution < 1.29 is 0 Å². The topological polar surface area (TPSA) is 29.0 Å². The van der Waals surface area contributed by atoms with Crippen LogP contribution in [0.25, 0.3) is 0 Å². The number of aromatic nitrogens is 2. The van der Waals surface area contributed by atoms with Crippen LogP contribution in [0.5, 0.6) is 0 Å². The molecule has 0 fully saturated rings. The van der Waals surface area contributed by atoms with Crippen molar-refractivity contribution in [2.75, 3.05) is 18.0 Å². The van der Waals surface area contributed by atoms with Gasteiger partial charge in [-0.05, 0) is 27.8 Å². The van der Waals surface area contributed by atoms with Gasteiger partial charge in [-0.1, -0.05) is 32.4 Å². The summed E-state index contributed by atoms with van der Waals surface area (Å²) in [6, 6.07) is 0. The lowest BCUT2D eigenvalue weighted by atomic mass is 9.83. The first kappa shape index (κ1) is 12.6. The average molecular weight is 296 g/mol. The standard InChI is InChI=1S/C13H18BrN3/c1-13(2,3)10-4-6-17(7-5-10)12-11(14)8-15-9-16-12/h4,8-9H,5-7H2,1-3H3. The zero-order chi connectivity index (χ0) is 12.5. The summed E-state index contributed by atoms with van der Waals surface area (Å²) in [6.07, 6.45) is 6.84. The largest absolute Gasteiger partial charge is 0.352 e. The van der Waals surface area contributed by atoms with Gasteiger partial charge in [-0.25, -0.2) is 9.97 Å². The Hall–Kier alpha value is -0.900. The van der Waals surface area contributed by atoms with E-state index in [1.54, 1.807) is 18.1 Å². The van der Waals surface area contributed by atoms with Crippen molar-refractivity contribution >= 4 is 21.7 Å². The Morgan fingerprint density at radius 1 is 1.35 bits per heavy atom. The van der Waals surface area contributed by atoms with Crippen LogP contribution in [0.1, 0.15) is 27.2 Å². The third kappa shape index (κ3) is 2.86. The third-order valence-corrected chi connectivity index (χ3v) is 3.68. The van der Waals surface area contributed by atoms with Crippen LogP contribution < -0.4 is 4.90 Å². The summed E-state index contributed by atoms with van der Waals surface area (Å²) >= 11 is 3.50. The van der Waals surface area contributed by atoms with Gasteiger partial charge < -0.3 is 4.90 Å². The highest BCUT2D eigenvalue weighted by Crippen LogP contribution is 2.32. The van der Waals surface area contributed by atoms with E-state index >= 15 is 0 Å². The fourth-order valence-electron chi connectivity index (χ4n) is 2.08. The second-order valence-corrected chi connectivity index (χ2v) is 6.22. The van der Waals surface area contributed by atoms with Gasteiger partial charge in [-0.2, -0.15) is 0 Å². The fraction of sp³-hybridized carbons (Fsp3) is 0.538. The SMILES string of the molecule is CC(C)(C)C1=CCN(c2ncncc2Br)CC1. The van der Waals surface area contributed by atoms with E-state index in [1.807, 2.05) is 0 Å². The summed E-state index contributed by atoms with van der Waals surface area (Å²) in [5, 5.41) is 0. The molecule has 3 nitrogen and oxygen atoms in total. The zero-order valence-electron chi connectivity index (χ0n) is 10.6. The molecule has 0 amide bonds. The van der Waals surface area contributed by atoms with Crippen LogP contribution >= 0.6 is 15.9 Å². The molecule has 0 aliphatic carbocycles. The molecule has 0 radical (unpaired) electrons. The maximum absolute atomic E-state index is 4.33. The summed E-state index contributed by atoms with van der Waals surface area (Å²) < 4.78 is 0.965. The molecule has 1 aliphatic rings. The third-order valence-electron chi connectivity index (χ3n) is 3.12. The van der Waals surface area contributed by atoms with Gasteiger partial charge in [0.2, 0.25) is 0 Å². The number of hydrogen-bond acceptors (Lipinski definition) is 3. The van der Waals surface area contributed by atoms with E-state index in [2.05, 4.69) is 57.6 Å². The minimum Gasteiger partial charge on any atom is -0.352 e. The number of hydrogen-bond donors (Lipinski definition) is 0. The lowest BCUT2D eigenvalue weighted by Crippen LogP contribution is -2.32. The molecule has 4 heteroatoms. The summed E-state index contributed by atoms with van der Waals surface area (Å²) in [5.41, 5.74) is 1.83. The summed E-state index contributed by atoms with van der Waals surface area (Å²) in [7, 11) is 0. The maximum Gasteiger partial charge on any atom is 0.146 e. The van der Waals surface area contributed by atoms with Crippen molar-refractivity contribution in [1.82, 2.24) is 9.97 Å². The highest BCUT2D eigenvalue weighted by Gasteiger charge is 2.22. The molecule has 1 aromatic heterocycles. The van der Waals surface area contributed by atoms with Gasteiger partial charge >= 0.3 is 0 Å². The summed E-state index contributed by atoms with van der Waals surface area (Å²) in [6.45, 7) is 8.78. The number of halogens is 1. The Labute approximate surface area is 111 Å². The van der Waals surface area contributed by atoms with Crippen molar-refractivity contribution in [2.45, 2.75) is 27.2 Å². The normalized spacial score (nSPS) is 16.9. The monoisotopic (exact) mass is 295 g/mol. The molecule has 0 bridgehead atoms. The minimum absolute atomic E-state index is 0.287. The summed E-state index contributed by atoms with van der Waals surface area (Å²) in [5.74, 6) is 0.990. The molecule has 0 spiro atoms. The molecular weight excluding hydrogens is 278 g/mol. The smallest absolute Gasteiger partial charge is 0.146 e. The molecular formula is C13H18BrN3. The van der Waals surface area contributed by atoms with Crippen LogP contribution in [0.3, 0.4) is 0 Å². The van der Waals surface area contributed by atoms with Crippen molar-refractivity contribution in [3.8, 4) is 0 Å². The zero-order valence-corrected chi connectivity index (χ0v) is 12.2. The molecule has 0 saturated heterocycles. The molecule has 0 N–H and O–H groups in total.